The molecular formula is C16H22F2N2O2. The van der Waals surface area contributed by atoms with E-state index in [4.69, 9.17) is 0 Å². The molecule has 0 spiro atoms. The van der Waals surface area contributed by atoms with Crippen molar-refractivity contribution >= 4 is 11.6 Å². The van der Waals surface area contributed by atoms with Crippen LogP contribution in [0.1, 0.15) is 26.2 Å². The minimum Gasteiger partial charge on any atom is -0.393 e. The first-order valence-corrected chi connectivity index (χ1v) is 7.60. The molecule has 1 aliphatic rings. The predicted molar refractivity (Wildman–Crippen MR) is 80.4 cm³/mol. The molecule has 1 unspecified atom stereocenters. The first-order valence-electron chi connectivity index (χ1n) is 7.60. The lowest BCUT2D eigenvalue weighted by molar-refractivity contribution is -0.116. The lowest BCUT2D eigenvalue weighted by Crippen LogP contribution is -2.38. The van der Waals surface area contributed by atoms with E-state index in [1.807, 2.05) is 6.92 Å². The lowest BCUT2D eigenvalue weighted by Gasteiger charge is -2.33. The number of rotatable bonds is 5. The van der Waals surface area contributed by atoms with E-state index in [2.05, 4.69) is 10.2 Å². The van der Waals surface area contributed by atoms with Gasteiger partial charge in [0.05, 0.1) is 6.10 Å². The smallest absolute Gasteiger partial charge is 0.225 e. The van der Waals surface area contributed by atoms with Crippen molar-refractivity contribution in [2.45, 2.75) is 32.3 Å². The number of aliphatic hydroxyl groups is 1. The number of anilines is 1. The van der Waals surface area contributed by atoms with E-state index in [1.54, 1.807) is 0 Å². The van der Waals surface area contributed by atoms with Gasteiger partial charge in [-0.05, 0) is 50.9 Å². The average molecular weight is 312 g/mol. The summed E-state index contributed by atoms with van der Waals surface area (Å²) in [6, 6.07) is 2.95. The molecule has 0 radical (unpaired) electrons. The second-order valence-corrected chi connectivity index (χ2v) is 5.88. The highest BCUT2D eigenvalue weighted by atomic mass is 19.1. The Balaban J connectivity index is 1.74. The van der Waals surface area contributed by atoms with Crippen LogP contribution < -0.4 is 5.32 Å². The van der Waals surface area contributed by atoms with E-state index in [0.29, 0.717) is 12.5 Å². The van der Waals surface area contributed by atoms with Gasteiger partial charge in [0.2, 0.25) is 5.91 Å². The minimum absolute atomic E-state index is 0.135. The number of carbonyl (C=O) groups is 1. The summed E-state index contributed by atoms with van der Waals surface area (Å²) in [5, 5.41) is 12.1. The molecule has 2 rings (SSSR count). The maximum Gasteiger partial charge on any atom is 0.225 e. The van der Waals surface area contributed by atoms with Crippen molar-refractivity contribution in [3.05, 3.63) is 29.8 Å². The van der Waals surface area contributed by atoms with Crippen molar-refractivity contribution in [2.24, 2.45) is 5.92 Å². The number of carbonyl (C=O) groups excluding carboxylic acids is 1. The third kappa shape index (κ3) is 5.03. The zero-order valence-corrected chi connectivity index (χ0v) is 12.7. The van der Waals surface area contributed by atoms with Gasteiger partial charge in [-0.15, -0.1) is 0 Å². The van der Waals surface area contributed by atoms with Crippen LogP contribution in [0, 0.1) is 17.6 Å². The first kappa shape index (κ1) is 16.8. The molecule has 6 heteroatoms. The molecule has 0 aromatic heterocycles. The summed E-state index contributed by atoms with van der Waals surface area (Å²) < 4.78 is 26.1. The van der Waals surface area contributed by atoms with Gasteiger partial charge >= 0.3 is 0 Å². The molecule has 4 nitrogen and oxygen atoms in total. The van der Waals surface area contributed by atoms with Crippen LogP contribution in [0.5, 0.6) is 0 Å². The van der Waals surface area contributed by atoms with Crippen molar-refractivity contribution in [2.75, 3.05) is 25.0 Å². The number of piperidine rings is 1. The van der Waals surface area contributed by atoms with Gasteiger partial charge in [0.15, 0.2) is 0 Å². The number of benzene rings is 1. The van der Waals surface area contributed by atoms with E-state index >= 15 is 0 Å². The highest BCUT2D eigenvalue weighted by Crippen LogP contribution is 2.20. The Bertz CT molecular complexity index is 495. The van der Waals surface area contributed by atoms with Gasteiger partial charge in [-0.3, -0.25) is 4.79 Å². The van der Waals surface area contributed by atoms with Crippen LogP contribution in [0.3, 0.4) is 0 Å². The molecular weight excluding hydrogens is 290 g/mol. The number of hydrogen-bond donors (Lipinski definition) is 2. The van der Waals surface area contributed by atoms with Gasteiger partial charge in [-0.2, -0.15) is 0 Å². The van der Waals surface area contributed by atoms with Crippen LogP contribution in [-0.4, -0.2) is 41.7 Å². The Morgan fingerprint density at radius 2 is 1.91 bits per heavy atom. The Morgan fingerprint density at radius 3 is 2.45 bits per heavy atom. The van der Waals surface area contributed by atoms with Crippen molar-refractivity contribution in [1.29, 1.82) is 0 Å². The Hall–Kier alpha value is -1.53. The molecule has 1 fully saturated rings. The normalized spacial score (nSPS) is 18.2. The monoisotopic (exact) mass is 312 g/mol. The Labute approximate surface area is 129 Å². The van der Waals surface area contributed by atoms with Crippen LogP contribution in [0.15, 0.2) is 18.2 Å². The zero-order chi connectivity index (χ0) is 16.1. The van der Waals surface area contributed by atoms with Gasteiger partial charge in [-0.25, -0.2) is 8.78 Å². The fraction of sp³-hybridized carbons (Fsp3) is 0.562. The molecule has 2 N–H and O–H groups in total. The van der Waals surface area contributed by atoms with E-state index in [9.17, 15) is 18.7 Å². The van der Waals surface area contributed by atoms with Crippen LogP contribution in [0.25, 0.3) is 0 Å². The van der Waals surface area contributed by atoms with Gasteiger partial charge < -0.3 is 15.3 Å². The van der Waals surface area contributed by atoms with Crippen molar-refractivity contribution in [3.8, 4) is 0 Å². The molecule has 122 valence electrons. The van der Waals surface area contributed by atoms with E-state index < -0.39 is 11.6 Å². The van der Waals surface area contributed by atoms with Gasteiger partial charge in [0.25, 0.3) is 0 Å². The SMILES string of the molecule is CC(O)C1CCN(CCC(=O)Nc2cc(F)cc(F)c2)CC1. The summed E-state index contributed by atoms with van der Waals surface area (Å²) in [5.41, 5.74) is 0.135. The summed E-state index contributed by atoms with van der Waals surface area (Å²) in [4.78, 5) is 14.0. The topological polar surface area (TPSA) is 52.6 Å². The Kier molecular flexibility index (Phi) is 5.85. The zero-order valence-electron chi connectivity index (χ0n) is 12.7. The summed E-state index contributed by atoms with van der Waals surface area (Å²) in [6.45, 7) is 4.14. The van der Waals surface area contributed by atoms with Crippen molar-refractivity contribution < 1.29 is 18.7 Å². The quantitative estimate of drug-likeness (QED) is 0.878. The molecule has 0 bridgehead atoms. The fourth-order valence-corrected chi connectivity index (χ4v) is 2.77. The molecule has 1 heterocycles. The molecule has 1 amide bonds. The van der Waals surface area contributed by atoms with Gasteiger partial charge in [0.1, 0.15) is 11.6 Å². The van der Waals surface area contributed by atoms with Gasteiger partial charge in [-0.1, -0.05) is 0 Å². The standard InChI is InChI=1S/C16H22F2N2O2/c1-11(21)12-2-5-20(6-3-12)7-4-16(22)19-15-9-13(17)8-14(18)10-15/h8-12,21H,2-7H2,1H3,(H,19,22). The summed E-state index contributed by atoms with van der Waals surface area (Å²) in [5.74, 6) is -1.35. The third-order valence-electron chi connectivity index (χ3n) is 4.12. The lowest BCUT2D eigenvalue weighted by atomic mass is 9.92. The summed E-state index contributed by atoms with van der Waals surface area (Å²) in [6.07, 6.45) is 1.84. The number of hydrogen-bond acceptors (Lipinski definition) is 3. The maximum atomic E-state index is 13.0. The van der Waals surface area contributed by atoms with Crippen LogP contribution in [0.2, 0.25) is 0 Å². The van der Waals surface area contributed by atoms with Crippen molar-refractivity contribution in [1.82, 2.24) is 4.90 Å². The molecule has 1 aromatic rings. The fourth-order valence-electron chi connectivity index (χ4n) is 2.77. The number of likely N-dealkylation sites (tertiary alicyclic amines) is 1. The summed E-state index contributed by atoms with van der Waals surface area (Å²) in [7, 11) is 0. The maximum absolute atomic E-state index is 13.0. The van der Waals surface area contributed by atoms with Gasteiger partial charge in [0, 0.05) is 24.7 Å². The van der Waals surface area contributed by atoms with E-state index in [0.717, 1.165) is 44.1 Å². The number of amides is 1. The molecule has 1 saturated heterocycles. The van der Waals surface area contributed by atoms with Crippen LogP contribution in [-0.2, 0) is 4.79 Å². The second kappa shape index (κ2) is 7.65. The van der Waals surface area contributed by atoms with Crippen LogP contribution in [0.4, 0.5) is 14.5 Å². The largest absolute Gasteiger partial charge is 0.393 e. The minimum atomic E-state index is -0.713. The van der Waals surface area contributed by atoms with E-state index in [-0.39, 0.29) is 24.1 Å². The molecule has 22 heavy (non-hydrogen) atoms. The molecule has 1 atom stereocenters. The molecule has 1 aliphatic heterocycles. The number of nitrogens with zero attached hydrogens (tertiary/aromatic N) is 1. The van der Waals surface area contributed by atoms with Crippen molar-refractivity contribution in [3.63, 3.8) is 0 Å². The number of nitrogens with one attached hydrogen (secondary N) is 1. The van der Waals surface area contributed by atoms with E-state index in [1.165, 1.54) is 0 Å². The number of halogens is 2. The third-order valence-corrected chi connectivity index (χ3v) is 4.12. The molecule has 0 saturated carbocycles. The highest BCUT2D eigenvalue weighted by molar-refractivity contribution is 5.90. The molecule has 1 aromatic carbocycles. The second-order valence-electron chi connectivity index (χ2n) is 5.88. The molecule has 0 aliphatic carbocycles. The summed E-state index contributed by atoms with van der Waals surface area (Å²) >= 11 is 0. The van der Waals surface area contributed by atoms with Crippen LogP contribution >= 0.6 is 0 Å². The number of aliphatic hydroxyl groups excluding tert-OH is 1. The average Bonchev–Trinajstić information content (AvgIpc) is 2.44. The highest BCUT2D eigenvalue weighted by Gasteiger charge is 2.22. The predicted octanol–water partition coefficient (Wildman–Crippen LogP) is 2.39. The Morgan fingerprint density at radius 1 is 1.32 bits per heavy atom. The first-order chi connectivity index (χ1) is 10.4.